The molecule has 0 radical (unpaired) electrons. The van der Waals surface area contributed by atoms with E-state index in [1.54, 1.807) is 0 Å². The lowest BCUT2D eigenvalue weighted by Gasteiger charge is -2.33. The molecule has 3 rings (SSSR count). The molecule has 1 aromatic carbocycles. The van der Waals surface area contributed by atoms with E-state index >= 15 is 0 Å². The minimum Gasteiger partial charge on any atom is -0.378 e. The summed E-state index contributed by atoms with van der Waals surface area (Å²) < 4.78 is 11.4. The third-order valence-corrected chi connectivity index (χ3v) is 4.72. The van der Waals surface area contributed by atoms with Crippen molar-refractivity contribution in [3.05, 3.63) is 34.9 Å². The van der Waals surface area contributed by atoms with Crippen LogP contribution in [0.4, 0.5) is 0 Å². The van der Waals surface area contributed by atoms with Crippen LogP contribution >= 0.6 is 11.6 Å². The molecule has 120 valence electrons. The van der Waals surface area contributed by atoms with Gasteiger partial charge in [-0.15, -0.1) is 0 Å². The Morgan fingerprint density at radius 3 is 2.91 bits per heavy atom. The van der Waals surface area contributed by atoms with Gasteiger partial charge in [-0.25, -0.2) is 0 Å². The Morgan fingerprint density at radius 2 is 2.14 bits per heavy atom. The summed E-state index contributed by atoms with van der Waals surface area (Å²) >= 11 is 6.23. The van der Waals surface area contributed by atoms with Crippen LogP contribution in [-0.4, -0.2) is 43.2 Å². The first-order chi connectivity index (χ1) is 10.7. The zero-order valence-corrected chi connectivity index (χ0v) is 13.4. The van der Waals surface area contributed by atoms with Gasteiger partial charge in [0.1, 0.15) is 6.10 Å². The number of rotatable bonds is 4. The summed E-state index contributed by atoms with van der Waals surface area (Å²) in [7, 11) is 0. The van der Waals surface area contributed by atoms with Crippen LogP contribution in [0.2, 0.25) is 5.02 Å². The maximum absolute atomic E-state index is 12.4. The van der Waals surface area contributed by atoms with Crippen LogP contribution in [0, 0.1) is 0 Å². The van der Waals surface area contributed by atoms with Gasteiger partial charge in [0.15, 0.2) is 0 Å². The summed E-state index contributed by atoms with van der Waals surface area (Å²) in [5.74, 6) is 0.191. The second-order valence-electron chi connectivity index (χ2n) is 5.89. The second-order valence-corrected chi connectivity index (χ2v) is 6.30. The Bertz CT molecular complexity index is 516. The Balaban J connectivity index is 1.55. The van der Waals surface area contributed by atoms with Crippen molar-refractivity contribution < 1.29 is 14.3 Å². The van der Waals surface area contributed by atoms with Crippen LogP contribution in [0.15, 0.2) is 24.3 Å². The molecule has 1 amide bonds. The molecule has 2 fully saturated rings. The third kappa shape index (κ3) is 3.80. The molecule has 0 N–H and O–H groups in total. The van der Waals surface area contributed by atoms with Crippen LogP contribution in [0.1, 0.15) is 37.4 Å². The van der Waals surface area contributed by atoms with E-state index in [4.69, 9.17) is 21.1 Å². The number of carbonyl (C=O) groups excluding carboxylic acids is 1. The maximum atomic E-state index is 12.4. The van der Waals surface area contributed by atoms with Gasteiger partial charge in [0.05, 0.1) is 19.3 Å². The summed E-state index contributed by atoms with van der Waals surface area (Å²) in [6, 6.07) is 7.67. The van der Waals surface area contributed by atoms with Crippen LogP contribution in [-0.2, 0) is 14.3 Å². The molecule has 0 aliphatic carbocycles. The van der Waals surface area contributed by atoms with Gasteiger partial charge in [-0.2, -0.15) is 0 Å². The Morgan fingerprint density at radius 1 is 1.27 bits per heavy atom. The van der Waals surface area contributed by atoms with Crippen LogP contribution in [0.5, 0.6) is 0 Å². The Kier molecular flexibility index (Phi) is 5.34. The van der Waals surface area contributed by atoms with Crippen molar-refractivity contribution in [3.63, 3.8) is 0 Å². The quantitative estimate of drug-likeness (QED) is 0.854. The van der Waals surface area contributed by atoms with Crippen LogP contribution < -0.4 is 0 Å². The number of halogens is 1. The van der Waals surface area contributed by atoms with Crippen molar-refractivity contribution in [1.82, 2.24) is 4.90 Å². The van der Waals surface area contributed by atoms with E-state index in [1.165, 1.54) is 0 Å². The lowest BCUT2D eigenvalue weighted by molar-refractivity contribution is -0.139. The minimum atomic E-state index is -0.130. The van der Waals surface area contributed by atoms with E-state index < -0.39 is 0 Å². The molecule has 0 saturated carbocycles. The average molecular weight is 324 g/mol. The molecule has 0 aromatic heterocycles. The highest BCUT2D eigenvalue weighted by Crippen LogP contribution is 2.28. The lowest BCUT2D eigenvalue weighted by Crippen LogP contribution is -2.42. The fraction of sp³-hybridized carbons (Fsp3) is 0.588. The second kappa shape index (κ2) is 7.44. The molecule has 0 spiro atoms. The highest BCUT2D eigenvalue weighted by molar-refractivity contribution is 6.31. The predicted octanol–water partition coefficient (Wildman–Crippen LogP) is 3.20. The first kappa shape index (κ1) is 15.8. The number of carbonyl (C=O) groups is 1. The van der Waals surface area contributed by atoms with Gasteiger partial charge in [-0.3, -0.25) is 4.79 Å². The van der Waals surface area contributed by atoms with Crippen molar-refractivity contribution in [2.24, 2.45) is 0 Å². The standard InChI is InChI=1S/C17H22ClNO3/c18-15-6-2-1-5-14(15)16-12-19(9-11-22-16)17(20)8-7-13-4-3-10-21-13/h1-2,5-6,13,16H,3-4,7-12H2/t13-,16-/m1/s1. The SMILES string of the molecule is O=C(CC[C@H]1CCCO1)N1CCO[C@@H](c2ccccc2Cl)C1. The zero-order chi connectivity index (χ0) is 15.4. The van der Waals surface area contributed by atoms with Crippen molar-refractivity contribution >= 4 is 17.5 Å². The molecule has 0 unspecified atom stereocenters. The first-order valence-electron chi connectivity index (χ1n) is 7.99. The number of hydrogen-bond donors (Lipinski definition) is 0. The minimum absolute atomic E-state index is 0.130. The van der Waals surface area contributed by atoms with E-state index in [0.717, 1.165) is 31.4 Å². The molecule has 2 atom stereocenters. The van der Waals surface area contributed by atoms with Gasteiger partial charge < -0.3 is 14.4 Å². The molecule has 2 heterocycles. The van der Waals surface area contributed by atoms with E-state index in [0.29, 0.717) is 31.1 Å². The molecule has 22 heavy (non-hydrogen) atoms. The van der Waals surface area contributed by atoms with Crippen molar-refractivity contribution in [3.8, 4) is 0 Å². The van der Waals surface area contributed by atoms with E-state index in [-0.39, 0.29) is 18.1 Å². The van der Waals surface area contributed by atoms with Gasteiger partial charge in [-0.05, 0) is 25.3 Å². The number of morpholine rings is 1. The highest BCUT2D eigenvalue weighted by atomic mass is 35.5. The number of hydrogen-bond acceptors (Lipinski definition) is 3. The number of nitrogens with zero attached hydrogens (tertiary/aromatic N) is 1. The topological polar surface area (TPSA) is 38.8 Å². The number of amides is 1. The van der Waals surface area contributed by atoms with Gasteiger partial charge in [0.2, 0.25) is 5.91 Å². The van der Waals surface area contributed by atoms with E-state index in [2.05, 4.69) is 0 Å². The molecule has 0 bridgehead atoms. The average Bonchev–Trinajstić information content (AvgIpc) is 3.06. The summed E-state index contributed by atoms with van der Waals surface area (Å²) in [6.07, 6.45) is 3.72. The fourth-order valence-corrected chi connectivity index (χ4v) is 3.37. The zero-order valence-electron chi connectivity index (χ0n) is 12.7. The monoisotopic (exact) mass is 323 g/mol. The first-order valence-corrected chi connectivity index (χ1v) is 8.37. The van der Waals surface area contributed by atoms with Gasteiger partial charge >= 0.3 is 0 Å². The Labute approximate surface area is 136 Å². The Hall–Kier alpha value is -1.10. The van der Waals surface area contributed by atoms with E-state index in [9.17, 15) is 4.79 Å². The van der Waals surface area contributed by atoms with Crippen molar-refractivity contribution in [1.29, 1.82) is 0 Å². The predicted molar refractivity (Wildman–Crippen MR) is 84.9 cm³/mol. The summed E-state index contributed by atoms with van der Waals surface area (Å²) in [4.78, 5) is 14.3. The van der Waals surface area contributed by atoms with Crippen molar-refractivity contribution in [2.75, 3.05) is 26.3 Å². The molecule has 1 aromatic rings. The molecular weight excluding hydrogens is 302 g/mol. The van der Waals surface area contributed by atoms with Gasteiger partial charge in [0, 0.05) is 30.2 Å². The van der Waals surface area contributed by atoms with Crippen LogP contribution in [0.25, 0.3) is 0 Å². The summed E-state index contributed by atoms with van der Waals surface area (Å²) in [6.45, 7) is 2.63. The third-order valence-electron chi connectivity index (χ3n) is 4.38. The number of ether oxygens (including phenoxy) is 2. The molecular formula is C17H22ClNO3. The molecule has 2 saturated heterocycles. The molecule has 5 heteroatoms. The molecule has 2 aliphatic rings. The number of benzene rings is 1. The fourth-order valence-electron chi connectivity index (χ4n) is 3.11. The lowest BCUT2D eigenvalue weighted by atomic mass is 10.1. The highest BCUT2D eigenvalue weighted by Gasteiger charge is 2.27. The van der Waals surface area contributed by atoms with Crippen molar-refractivity contribution in [2.45, 2.75) is 37.9 Å². The molecule has 2 aliphatic heterocycles. The summed E-state index contributed by atoms with van der Waals surface area (Å²) in [5, 5.41) is 0.696. The largest absolute Gasteiger partial charge is 0.378 e. The molecule has 4 nitrogen and oxygen atoms in total. The maximum Gasteiger partial charge on any atom is 0.222 e. The summed E-state index contributed by atoms with van der Waals surface area (Å²) in [5.41, 5.74) is 0.959. The smallest absolute Gasteiger partial charge is 0.222 e. The van der Waals surface area contributed by atoms with E-state index in [1.807, 2.05) is 29.2 Å². The normalized spacial score (nSPS) is 25.4. The van der Waals surface area contributed by atoms with Gasteiger partial charge in [0.25, 0.3) is 0 Å². The van der Waals surface area contributed by atoms with Crippen LogP contribution in [0.3, 0.4) is 0 Å². The van der Waals surface area contributed by atoms with Gasteiger partial charge in [-0.1, -0.05) is 29.8 Å².